The fourth-order valence-corrected chi connectivity index (χ4v) is 2.41. The molecule has 5 nitrogen and oxygen atoms in total. The standard InChI is InChI=1S/C20H25NO4/c1-20(2,3)25-18(13-15-7-5-4-6-8-15)14-24-21-17-11-9-16(10-12-17)19(22)23/h4-12,18,21H,13-14H2,1-3H3,(H,22,23)/t18-/m0/s1. The van der Waals surface area contributed by atoms with Crippen LogP contribution in [0.5, 0.6) is 0 Å². The Morgan fingerprint density at radius 1 is 1.08 bits per heavy atom. The van der Waals surface area contributed by atoms with Crippen molar-refractivity contribution in [3.8, 4) is 0 Å². The molecule has 0 heterocycles. The molecule has 0 aliphatic heterocycles. The van der Waals surface area contributed by atoms with Crippen LogP contribution < -0.4 is 5.48 Å². The first-order valence-corrected chi connectivity index (χ1v) is 8.26. The van der Waals surface area contributed by atoms with Crippen molar-refractivity contribution in [2.45, 2.75) is 38.9 Å². The molecule has 0 aliphatic rings. The Morgan fingerprint density at radius 2 is 1.72 bits per heavy atom. The van der Waals surface area contributed by atoms with Crippen LogP contribution in [0.15, 0.2) is 54.6 Å². The van der Waals surface area contributed by atoms with Gasteiger partial charge in [0.05, 0.1) is 23.0 Å². The normalized spacial score (nSPS) is 12.6. The van der Waals surface area contributed by atoms with Gasteiger partial charge in [-0.15, -0.1) is 0 Å². The molecule has 2 rings (SSSR count). The highest BCUT2D eigenvalue weighted by molar-refractivity contribution is 5.87. The molecular formula is C20H25NO4. The number of hydrogen-bond donors (Lipinski definition) is 2. The van der Waals surface area contributed by atoms with Gasteiger partial charge in [0.2, 0.25) is 0 Å². The predicted octanol–water partition coefficient (Wildman–Crippen LogP) is 4.15. The van der Waals surface area contributed by atoms with Gasteiger partial charge in [-0.3, -0.25) is 10.3 Å². The van der Waals surface area contributed by atoms with Crippen molar-refractivity contribution < 1.29 is 19.5 Å². The first-order valence-electron chi connectivity index (χ1n) is 8.26. The zero-order valence-electron chi connectivity index (χ0n) is 14.9. The van der Waals surface area contributed by atoms with Crippen molar-refractivity contribution in [1.82, 2.24) is 0 Å². The van der Waals surface area contributed by atoms with Gasteiger partial charge < -0.3 is 9.84 Å². The highest BCUT2D eigenvalue weighted by Gasteiger charge is 2.19. The van der Waals surface area contributed by atoms with Gasteiger partial charge in [-0.1, -0.05) is 30.3 Å². The number of rotatable bonds is 8. The maximum atomic E-state index is 10.9. The molecular weight excluding hydrogens is 318 g/mol. The molecule has 0 unspecified atom stereocenters. The van der Waals surface area contributed by atoms with Gasteiger partial charge in [-0.05, 0) is 50.6 Å². The average molecular weight is 343 g/mol. The van der Waals surface area contributed by atoms with Crippen molar-refractivity contribution in [2.75, 3.05) is 12.1 Å². The second-order valence-electron chi connectivity index (χ2n) is 6.84. The molecule has 0 saturated carbocycles. The van der Waals surface area contributed by atoms with E-state index in [1.807, 2.05) is 39.0 Å². The maximum Gasteiger partial charge on any atom is 0.335 e. The molecule has 25 heavy (non-hydrogen) atoms. The quantitative estimate of drug-likeness (QED) is 0.705. The Bertz CT molecular complexity index is 662. The van der Waals surface area contributed by atoms with Crippen molar-refractivity contribution in [3.05, 3.63) is 65.7 Å². The van der Waals surface area contributed by atoms with E-state index in [0.717, 1.165) is 6.42 Å². The molecule has 0 saturated heterocycles. The number of carboxylic acid groups (broad SMARTS) is 1. The zero-order valence-corrected chi connectivity index (χ0v) is 14.9. The lowest BCUT2D eigenvalue weighted by Gasteiger charge is -2.27. The van der Waals surface area contributed by atoms with Gasteiger partial charge in [0.25, 0.3) is 0 Å². The molecule has 0 radical (unpaired) electrons. The Morgan fingerprint density at radius 3 is 2.28 bits per heavy atom. The molecule has 2 aromatic rings. The van der Waals surface area contributed by atoms with Crippen LogP contribution in [0.3, 0.4) is 0 Å². The molecule has 5 heteroatoms. The molecule has 0 aromatic heterocycles. The van der Waals surface area contributed by atoms with Crippen molar-refractivity contribution in [2.24, 2.45) is 0 Å². The first-order chi connectivity index (χ1) is 11.8. The summed E-state index contributed by atoms with van der Waals surface area (Å²) < 4.78 is 6.09. The molecule has 0 amide bonds. The number of carbonyl (C=O) groups is 1. The molecule has 0 aliphatic carbocycles. The highest BCUT2D eigenvalue weighted by Crippen LogP contribution is 2.16. The SMILES string of the molecule is CC(C)(C)O[C@H](CONc1ccc(C(=O)O)cc1)Cc1ccccc1. The summed E-state index contributed by atoms with van der Waals surface area (Å²) in [6.45, 7) is 6.42. The topological polar surface area (TPSA) is 67.8 Å². The smallest absolute Gasteiger partial charge is 0.335 e. The van der Waals surface area contributed by atoms with Crippen molar-refractivity contribution >= 4 is 11.7 Å². The van der Waals surface area contributed by atoms with Gasteiger partial charge in [-0.2, -0.15) is 0 Å². The van der Waals surface area contributed by atoms with Crippen LogP contribution in [-0.4, -0.2) is 29.4 Å². The molecule has 0 spiro atoms. The van der Waals surface area contributed by atoms with Gasteiger partial charge >= 0.3 is 5.97 Å². The number of ether oxygens (including phenoxy) is 1. The van der Waals surface area contributed by atoms with Crippen LogP contribution in [0.2, 0.25) is 0 Å². The zero-order chi connectivity index (χ0) is 18.3. The van der Waals surface area contributed by atoms with Crippen molar-refractivity contribution in [1.29, 1.82) is 0 Å². The number of hydrogen-bond acceptors (Lipinski definition) is 4. The summed E-state index contributed by atoms with van der Waals surface area (Å²) in [5.41, 5.74) is 4.69. The molecule has 2 aromatic carbocycles. The molecule has 1 atom stereocenters. The summed E-state index contributed by atoms with van der Waals surface area (Å²) >= 11 is 0. The van der Waals surface area contributed by atoms with E-state index >= 15 is 0 Å². The minimum Gasteiger partial charge on any atom is -0.478 e. The van der Waals surface area contributed by atoms with Crippen molar-refractivity contribution in [3.63, 3.8) is 0 Å². The third kappa shape index (κ3) is 6.95. The third-order valence-electron chi connectivity index (χ3n) is 3.42. The largest absolute Gasteiger partial charge is 0.478 e. The summed E-state index contributed by atoms with van der Waals surface area (Å²) in [6.07, 6.45) is 0.644. The summed E-state index contributed by atoms with van der Waals surface area (Å²) in [7, 11) is 0. The lowest BCUT2D eigenvalue weighted by Crippen LogP contribution is -2.33. The minimum atomic E-state index is -0.950. The van der Waals surface area contributed by atoms with E-state index in [0.29, 0.717) is 12.3 Å². The van der Waals surface area contributed by atoms with Gasteiger partial charge in [0.1, 0.15) is 6.61 Å². The van der Waals surface area contributed by atoms with Gasteiger partial charge in [0.15, 0.2) is 0 Å². The van der Waals surface area contributed by atoms with Gasteiger partial charge in [-0.25, -0.2) is 4.79 Å². The number of anilines is 1. The molecule has 134 valence electrons. The van der Waals surface area contributed by atoms with E-state index in [1.54, 1.807) is 12.1 Å². The number of benzene rings is 2. The van der Waals surface area contributed by atoms with Crippen LogP contribution in [0.25, 0.3) is 0 Å². The molecule has 0 fully saturated rings. The summed E-state index contributed by atoms with van der Waals surface area (Å²) in [6, 6.07) is 16.5. The van der Waals surface area contributed by atoms with Crippen LogP contribution in [-0.2, 0) is 16.0 Å². The Balaban J connectivity index is 1.91. The second kappa shape index (κ2) is 8.65. The number of aromatic carboxylic acids is 1. The lowest BCUT2D eigenvalue weighted by molar-refractivity contribution is -0.0856. The van der Waals surface area contributed by atoms with Crippen LogP contribution >= 0.6 is 0 Å². The molecule has 2 N–H and O–H groups in total. The summed E-state index contributed by atoms with van der Waals surface area (Å²) in [4.78, 5) is 16.4. The van der Waals surface area contributed by atoms with Crippen LogP contribution in [0.4, 0.5) is 5.69 Å². The van der Waals surface area contributed by atoms with Gasteiger partial charge in [0, 0.05) is 6.42 Å². The number of nitrogens with one attached hydrogen (secondary N) is 1. The Hall–Kier alpha value is -2.37. The van der Waals surface area contributed by atoms with E-state index in [2.05, 4.69) is 17.6 Å². The monoisotopic (exact) mass is 343 g/mol. The fourth-order valence-electron chi connectivity index (χ4n) is 2.41. The predicted molar refractivity (Wildman–Crippen MR) is 97.7 cm³/mol. The highest BCUT2D eigenvalue weighted by atomic mass is 16.7. The minimum absolute atomic E-state index is 0.104. The fraction of sp³-hybridized carbons (Fsp3) is 0.350. The number of carboxylic acids is 1. The van der Waals surface area contributed by atoms with E-state index in [1.165, 1.54) is 17.7 Å². The van der Waals surface area contributed by atoms with E-state index in [4.69, 9.17) is 14.7 Å². The van der Waals surface area contributed by atoms with E-state index in [-0.39, 0.29) is 17.3 Å². The maximum absolute atomic E-state index is 10.9. The first kappa shape index (κ1) is 19.0. The van der Waals surface area contributed by atoms with Crippen LogP contribution in [0.1, 0.15) is 36.7 Å². The summed E-state index contributed by atoms with van der Waals surface area (Å²) in [5.74, 6) is -0.950. The van der Waals surface area contributed by atoms with Crippen LogP contribution in [0, 0.1) is 0 Å². The average Bonchev–Trinajstić information content (AvgIpc) is 2.54. The second-order valence-corrected chi connectivity index (χ2v) is 6.84. The lowest BCUT2D eigenvalue weighted by atomic mass is 10.1. The Labute approximate surface area is 148 Å². The Kier molecular flexibility index (Phi) is 6.56. The molecule has 0 bridgehead atoms. The third-order valence-corrected chi connectivity index (χ3v) is 3.42. The van der Waals surface area contributed by atoms with E-state index in [9.17, 15) is 4.79 Å². The van der Waals surface area contributed by atoms with E-state index < -0.39 is 5.97 Å². The summed E-state index contributed by atoms with van der Waals surface area (Å²) in [5, 5.41) is 8.90.